The largest absolute Gasteiger partial charge is 0.380 e. The quantitative estimate of drug-likeness (QED) is 0.744. The van der Waals surface area contributed by atoms with Gasteiger partial charge in [-0.3, -0.25) is 4.90 Å². The number of rotatable bonds is 2. The minimum absolute atomic E-state index is 0.278. The maximum atomic E-state index is 6.20. The van der Waals surface area contributed by atoms with Gasteiger partial charge in [0.1, 0.15) is 0 Å². The lowest BCUT2D eigenvalue weighted by Crippen LogP contribution is -2.62. The monoisotopic (exact) mass is 239 g/mol. The summed E-state index contributed by atoms with van der Waals surface area (Å²) in [6.45, 7) is 8.69. The fourth-order valence-corrected chi connectivity index (χ4v) is 4.04. The van der Waals surface area contributed by atoms with Crippen molar-refractivity contribution in [3.8, 4) is 0 Å². The van der Waals surface area contributed by atoms with Crippen molar-refractivity contribution in [2.45, 2.75) is 24.8 Å². The van der Waals surface area contributed by atoms with Crippen LogP contribution in [0.4, 0.5) is 0 Å². The average molecular weight is 239 g/mol. The molecule has 0 spiro atoms. The van der Waals surface area contributed by atoms with Gasteiger partial charge in [0.25, 0.3) is 0 Å². The molecule has 3 aliphatic heterocycles. The second kappa shape index (κ2) is 4.84. The van der Waals surface area contributed by atoms with Crippen LogP contribution < -0.4 is 5.73 Å². The van der Waals surface area contributed by atoms with Crippen LogP contribution in [0.1, 0.15) is 19.3 Å². The number of nitrogens with zero attached hydrogens (tertiary/aromatic N) is 2. The number of ether oxygens (including phenoxy) is 1. The van der Waals surface area contributed by atoms with E-state index in [1.807, 2.05) is 0 Å². The highest BCUT2D eigenvalue weighted by atomic mass is 16.5. The summed E-state index contributed by atoms with van der Waals surface area (Å²) in [6, 6.07) is 0. The maximum absolute atomic E-state index is 6.20. The van der Waals surface area contributed by atoms with Crippen LogP contribution in [0.25, 0.3) is 0 Å². The SMILES string of the molecule is NCC1(N2CCCOCC2)CCN2CCC1C2. The number of piperidine rings is 1. The van der Waals surface area contributed by atoms with Gasteiger partial charge >= 0.3 is 0 Å². The lowest BCUT2D eigenvalue weighted by atomic mass is 9.77. The fraction of sp³-hybridized carbons (Fsp3) is 1.00. The van der Waals surface area contributed by atoms with Crippen LogP contribution in [0.2, 0.25) is 0 Å². The number of hydrogen-bond donors (Lipinski definition) is 1. The molecule has 3 fully saturated rings. The third kappa shape index (κ3) is 2.01. The molecule has 3 atom stereocenters. The van der Waals surface area contributed by atoms with Gasteiger partial charge in [-0.05, 0) is 38.3 Å². The van der Waals surface area contributed by atoms with Crippen molar-refractivity contribution in [1.29, 1.82) is 0 Å². The van der Waals surface area contributed by atoms with Gasteiger partial charge in [-0.2, -0.15) is 0 Å². The fourth-order valence-electron chi connectivity index (χ4n) is 4.04. The Morgan fingerprint density at radius 2 is 2.12 bits per heavy atom. The molecular formula is C13H25N3O. The normalized spacial score (nSPS) is 43.6. The molecule has 0 radical (unpaired) electrons. The highest BCUT2D eigenvalue weighted by molar-refractivity contribution is 5.05. The van der Waals surface area contributed by atoms with Crippen LogP contribution in [0, 0.1) is 5.92 Å². The molecule has 4 nitrogen and oxygen atoms in total. The predicted molar refractivity (Wildman–Crippen MR) is 68.0 cm³/mol. The summed E-state index contributed by atoms with van der Waals surface area (Å²) in [4.78, 5) is 5.26. The van der Waals surface area contributed by atoms with Crippen molar-refractivity contribution in [3.05, 3.63) is 0 Å². The Labute approximate surface area is 104 Å². The Morgan fingerprint density at radius 3 is 3.00 bits per heavy atom. The Bertz CT molecular complexity index is 265. The molecule has 0 aromatic carbocycles. The average Bonchev–Trinajstić information content (AvgIpc) is 2.60. The zero-order chi connectivity index (χ0) is 11.7. The second-order valence-corrected chi connectivity index (χ2v) is 5.80. The van der Waals surface area contributed by atoms with Crippen molar-refractivity contribution in [2.24, 2.45) is 11.7 Å². The van der Waals surface area contributed by atoms with Crippen LogP contribution >= 0.6 is 0 Å². The van der Waals surface area contributed by atoms with E-state index in [-0.39, 0.29) is 5.54 Å². The van der Waals surface area contributed by atoms with Gasteiger partial charge in [0.05, 0.1) is 6.61 Å². The van der Waals surface area contributed by atoms with Gasteiger partial charge < -0.3 is 15.4 Å². The van der Waals surface area contributed by atoms with Crippen LogP contribution in [-0.2, 0) is 4.74 Å². The summed E-state index contributed by atoms with van der Waals surface area (Å²) in [5, 5.41) is 0. The van der Waals surface area contributed by atoms with E-state index in [1.165, 1.54) is 39.0 Å². The van der Waals surface area contributed by atoms with Crippen LogP contribution in [-0.4, -0.2) is 67.8 Å². The zero-order valence-electron chi connectivity index (χ0n) is 10.7. The van der Waals surface area contributed by atoms with E-state index in [4.69, 9.17) is 10.5 Å². The number of nitrogens with two attached hydrogens (primary N) is 1. The molecule has 2 bridgehead atoms. The first-order valence-electron chi connectivity index (χ1n) is 7.10. The summed E-state index contributed by atoms with van der Waals surface area (Å²) < 4.78 is 5.59. The van der Waals surface area contributed by atoms with Crippen molar-refractivity contribution in [3.63, 3.8) is 0 Å². The van der Waals surface area contributed by atoms with Gasteiger partial charge in [0, 0.05) is 38.3 Å². The molecule has 98 valence electrons. The van der Waals surface area contributed by atoms with E-state index in [9.17, 15) is 0 Å². The molecule has 17 heavy (non-hydrogen) atoms. The maximum Gasteiger partial charge on any atom is 0.0593 e. The molecule has 0 aromatic rings. The summed E-state index contributed by atoms with van der Waals surface area (Å²) in [5.74, 6) is 0.791. The molecule has 3 heterocycles. The first kappa shape index (κ1) is 11.9. The van der Waals surface area contributed by atoms with Gasteiger partial charge in [0.15, 0.2) is 0 Å². The standard InChI is InChI=1S/C13H25N3O/c14-11-13(16-4-1-8-17-9-7-16)3-6-15-5-2-12(13)10-15/h12H,1-11,14H2. The third-order valence-corrected chi connectivity index (χ3v) is 5.10. The van der Waals surface area contributed by atoms with E-state index in [1.54, 1.807) is 0 Å². The van der Waals surface area contributed by atoms with Crippen molar-refractivity contribution >= 4 is 0 Å². The molecule has 3 unspecified atom stereocenters. The lowest BCUT2D eigenvalue weighted by molar-refractivity contribution is 0.00624. The third-order valence-electron chi connectivity index (χ3n) is 5.10. The van der Waals surface area contributed by atoms with E-state index < -0.39 is 0 Å². The molecule has 3 rings (SSSR count). The van der Waals surface area contributed by atoms with Crippen LogP contribution in [0.5, 0.6) is 0 Å². The molecule has 3 aliphatic rings. The smallest absolute Gasteiger partial charge is 0.0593 e. The predicted octanol–water partition coefficient (Wildman–Crippen LogP) is 0.132. The highest BCUT2D eigenvalue weighted by Gasteiger charge is 2.48. The van der Waals surface area contributed by atoms with E-state index >= 15 is 0 Å². The molecule has 0 amide bonds. The van der Waals surface area contributed by atoms with E-state index in [2.05, 4.69) is 9.80 Å². The molecule has 3 saturated heterocycles. The summed E-state index contributed by atoms with van der Waals surface area (Å²) in [7, 11) is 0. The topological polar surface area (TPSA) is 41.7 Å². The second-order valence-electron chi connectivity index (χ2n) is 5.80. The number of hydrogen-bond acceptors (Lipinski definition) is 4. The van der Waals surface area contributed by atoms with Crippen molar-refractivity contribution in [1.82, 2.24) is 9.80 Å². The molecule has 2 N–H and O–H groups in total. The summed E-state index contributed by atoms with van der Waals surface area (Å²) in [6.07, 6.45) is 3.76. The van der Waals surface area contributed by atoms with Crippen molar-refractivity contribution in [2.75, 3.05) is 52.5 Å². The van der Waals surface area contributed by atoms with Crippen LogP contribution in [0.3, 0.4) is 0 Å². The summed E-state index contributed by atoms with van der Waals surface area (Å²) >= 11 is 0. The first-order valence-corrected chi connectivity index (χ1v) is 7.10. The van der Waals surface area contributed by atoms with Gasteiger partial charge in [-0.1, -0.05) is 0 Å². The highest BCUT2D eigenvalue weighted by Crippen LogP contribution is 2.39. The zero-order valence-corrected chi connectivity index (χ0v) is 10.7. The Hall–Kier alpha value is -0.160. The molecule has 0 saturated carbocycles. The first-order chi connectivity index (χ1) is 8.35. The Kier molecular flexibility index (Phi) is 3.39. The molecule has 0 aromatic heterocycles. The Morgan fingerprint density at radius 1 is 1.18 bits per heavy atom. The van der Waals surface area contributed by atoms with Gasteiger partial charge in [0.2, 0.25) is 0 Å². The van der Waals surface area contributed by atoms with E-state index in [0.29, 0.717) is 0 Å². The molecule has 4 heteroatoms. The lowest BCUT2D eigenvalue weighted by Gasteiger charge is -2.49. The van der Waals surface area contributed by atoms with Gasteiger partial charge in [-0.25, -0.2) is 0 Å². The minimum Gasteiger partial charge on any atom is -0.380 e. The minimum atomic E-state index is 0.278. The van der Waals surface area contributed by atoms with Crippen LogP contribution in [0.15, 0.2) is 0 Å². The molecular weight excluding hydrogens is 214 g/mol. The molecule has 0 aliphatic carbocycles. The Balaban J connectivity index is 1.79. The van der Waals surface area contributed by atoms with Crippen molar-refractivity contribution < 1.29 is 4.74 Å². The van der Waals surface area contributed by atoms with Gasteiger partial charge in [-0.15, -0.1) is 0 Å². The van der Waals surface area contributed by atoms with E-state index in [0.717, 1.165) is 38.6 Å². The summed E-state index contributed by atoms with van der Waals surface area (Å²) in [5.41, 5.74) is 6.48. The number of fused-ring (bicyclic) bond motifs is 2.